The summed E-state index contributed by atoms with van der Waals surface area (Å²) in [4.78, 5) is 0. The number of rotatable bonds is 3. The van der Waals surface area contributed by atoms with Gasteiger partial charge in [0.05, 0.1) is 5.56 Å². The Morgan fingerprint density at radius 2 is 2.00 bits per heavy atom. The summed E-state index contributed by atoms with van der Waals surface area (Å²) in [7, 11) is 0. The molecule has 5 heteroatoms. The fourth-order valence-corrected chi connectivity index (χ4v) is 1.22. The number of alkyl halides is 2. The molecular formula is C9H8ClF3O. The van der Waals surface area contributed by atoms with Gasteiger partial charge in [-0.25, -0.2) is 13.2 Å². The second-order valence-corrected chi connectivity index (χ2v) is 3.24. The summed E-state index contributed by atoms with van der Waals surface area (Å²) < 4.78 is 39.2. The average Bonchev–Trinajstić information content (AvgIpc) is 2.02. The first kappa shape index (κ1) is 11.3. The summed E-state index contributed by atoms with van der Waals surface area (Å²) in [5.41, 5.74) is -0.740. The third-order valence-electron chi connectivity index (χ3n) is 1.75. The third kappa shape index (κ3) is 2.39. The van der Waals surface area contributed by atoms with Gasteiger partial charge in [-0.15, -0.1) is 0 Å². The maximum absolute atomic E-state index is 13.1. The van der Waals surface area contributed by atoms with Crippen molar-refractivity contribution in [3.63, 3.8) is 0 Å². The molecule has 0 saturated heterocycles. The molecule has 0 unspecified atom stereocenters. The summed E-state index contributed by atoms with van der Waals surface area (Å²) in [5, 5.41) is 8.44. The van der Waals surface area contributed by atoms with Crippen LogP contribution in [0.1, 0.15) is 12.0 Å². The lowest BCUT2D eigenvalue weighted by Gasteiger charge is -2.15. The van der Waals surface area contributed by atoms with E-state index in [1.165, 1.54) is 6.07 Å². The van der Waals surface area contributed by atoms with Gasteiger partial charge in [-0.3, -0.25) is 0 Å². The van der Waals surface area contributed by atoms with Crippen LogP contribution in [-0.2, 0) is 5.92 Å². The van der Waals surface area contributed by atoms with E-state index in [9.17, 15) is 13.2 Å². The van der Waals surface area contributed by atoms with Crippen LogP contribution in [0, 0.1) is 5.82 Å². The van der Waals surface area contributed by atoms with Gasteiger partial charge in [0.25, 0.3) is 5.92 Å². The van der Waals surface area contributed by atoms with E-state index in [-0.39, 0.29) is 5.02 Å². The number of hydrogen-bond acceptors (Lipinski definition) is 1. The molecule has 0 heterocycles. The van der Waals surface area contributed by atoms with Crippen molar-refractivity contribution >= 4 is 11.6 Å². The predicted octanol–water partition coefficient (Wildman–Crippen LogP) is 2.95. The van der Waals surface area contributed by atoms with Gasteiger partial charge in [-0.05, 0) is 18.2 Å². The second kappa shape index (κ2) is 4.19. The van der Waals surface area contributed by atoms with Gasteiger partial charge in [-0.2, -0.15) is 0 Å². The second-order valence-electron chi connectivity index (χ2n) is 2.80. The quantitative estimate of drug-likeness (QED) is 0.837. The first-order valence-corrected chi connectivity index (χ1v) is 4.29. The molecule has 1 aromatic carbocycles. The Kier molecular flexibility index (Phi) is 3.39. The van der Waals surface area contributed by atoms with E-state index in [2.05, 4.69) is 0 Å². The molecule has 0 aliphatic rings. The highest BCUT2D eigenvalue weighted by atomic mass is 35.5. The van der Waals surface area contributed by atoms with Gasteiger partial charge in [0.1, 0.15) is 5.82 Å². The van der Waals surface area contributed by atoms with Gasteiger partial charge in [0.15, 0.2) is 0 Å². The molecule has 0 fully saturated rings. The summed E-state index contributed by atoms with van der Waals surface area (Å²) in [5.74, 6) is -4.42. The minimum absolute atomic E-state index is 0.0612. The van der Waals surface area contributed by atoms with Gasteiger partial charge >= 0.3 is 0 Å². The molecule has 0 saturated carbocycles. The van der Waals surface area contributed by atoms with Crippen LogP contribution in [0.15, 0.2) is 18.2 Å². The van der Waals surface area contributed by atoms with E-state index in [4.69, 9.17) is 16.7 Å². The van der Waals surface area contributed by atoms with E-state index in [1.54, 1.807) is 0 Å². The molecule has 0 bridgehead atoms. The molecule has 0 aliphatic heterocycles. The SMILES string of the molecule is OCCC(F)(F)c1ccc(Cl)cc1F. The maximum atomic E-state index is 13.1. The topological polar surface area (TPSA) is 20.2 Å². The number of hydrogen-bond donors (Lipinski definition) is 1. The molecule has 1 aromatic rings. The van der Waals surface area contributed by atoms with Crippen molar-refractivity contribution in [3.8, 4) is 0 Å². The van der Waals surface area contributed by atoms with Crippen LogP contribution in [-0.4, -0.2) is 11.7 Å². The lowest BCUT2D eigenvalue weighted by molar-refractivity contribution is -0.0299. The van der Waals surface area contributed by atoms with Crippen LogP contribution in [0.4, 0.5) is 13.2 Å². The number of aliphatic hydroxyl groups is 1. The fraction of sp³-hybridized carbons (Fsp3) is 0.333. The first-order chi connectivity index (χ1) is 6.47. The van der Waals surface area contributed by atoms with Crippen LogP contribution >= 0.6 is 11.6 Å². The van der Waals surface area contributed by atoms with Crippen molar-refractivity contribution in [3.05, 3.63) is 34.6 Å². The molecule has 0 aliphatic carbocycles. The molecule has 78 valence electrons. The molecule has 14 heavy (non-hydrogen) atoms. The Labute approximate surface area is 84.1 Å². The molecule has 0 atom stereocenters. The smallest absolute Gasteiger partial charge is 0.278 e. The molecule has 0 radical (unpaired) electrons. The minimum Gasteiger partial charge on any atom is -0.396 e. The zero-order valence-electron chi connectivity index (χ0n) is 7.11. The summed E-state index contributed by atoms with van der Waals surface area (Å²) in [6.45, 7) is -0.699. The Balaban J connectivity index is 3.06. The lowest BCUT2D eigenvalue weighted by atomic mass is 10.1. The molecule has 1 rings (SSSR count). The third-order valence-corrected chi connectivity index (χ3v) is 1.99. The lowest BCUT2D eigenvalue weighted by Crippen LogP contribution is -2.17. The van der Waals surface area contributed by atoms with E-state index >= 15 is 0 Å². The van der Waals surface area contributed by atoms with E-state index in [0.717, 1.165) is 12.1 Å². The van der Waals surface area contributed by atoms with Gasteiger partial charge in [0.2, 0.25) is 0 Å². The molecule has 0 amide bonds. The number of benzene rings is 1. The number of halogens is 4. The highest BCUT2D eigenvalue weighted by Gasteiger charge is 2.33. The molecular weight excluding hydrogens is 217 g/mol. The summed E-state index contributed by atoms with van der Waals surface area (Å²) in [6, 6.07) is 2.93. The van der Waals surface area contributed by atoms with Crippen molar-refractivity contribution in [2.45, 2.75) is 12.3 Å². The Hall–Kier alpha value is -0.740. The van der Waals surface area contributed by atoms with Crippen LogP contribution in [0.2, 0.25) is 5.02 Å². The summed E-state index contributed by atoms with van der Waals surface area (Å²) >= 11 is 5.41. The largest absolute Gasteiger partial charge is 0.396 e. The van der Waals surface area contributed by atoms with Crippen molar-refractivity contribution in [1.82, 2.24) is 0 Å². The van der Waals surface area contributed by atoms with Crippen LogP contribution in [0.5, 0.6) is 0 Å². The number of aliphatic hydroxyl groups excluding tert-OH is 1. The summed E-state index contributed by atoms with van der Waals surface area (Å²) in [6.07, 6.45) is -0.800. The van der Waals surface area contributed by atoms with Crippen LogP contribution < -0.4 is 0 Å². The normalized spacial score (nSPS) is 11.8. The molecule has 1 nitrogen and oxygen atoms in total. The zero-order valence-corrected chi connectivity index (χ0v) is 7.86. The Morgan fingerprint density at radius 1 is 1.36 bits per heavy atom. The standard InChI is InChI=1S/C9H8ClF3O/c10-6-1-2-7(8(11)5-6)9(12,13)3-4-14/h1-2,5,14H,3-4H2. The zero-order chi connectivity index (χ0) is 10.8. The minimum atomic E-state index is -3.36. The monoisotopic (exact) mass is 224 g/mol. The predicted molar refractivity (Wildman–Crippen MR) is 47.0 cm³/mol. The van der Waals surface area contributed by atoms with Gasteiger partial charge < -0.3 is 5.11 Å². The van der Waals surface area contributed by atoms with Gasteiger partial charge in [-0.1, -0.05) is 11.6 Å². The van der Waals surface area contributed by atoms with Crippen LogP contribution in [0.25, 0.3) is 0 Å². The van der Waals surface area contributed by atoms with Crippen molar-refractivity contribution < 1.29 is 18.3 Å². The van der Waals surface area contributed by atoms with Crippen LogP contribution in [0.3, 0.4) is 0 Å². The molecule has 1 N–H and O–H groups in total. The maximum Gasteiger partial charge on any atom is 0.278 e. The van der Waals surface area contributed by atoms with E-state index in [1.807, 2.05) is 0 Å². The highest BCUT2D eigenvalue weighted by molar-refractivity contribution is 6.30. The average molecular weight is 225 g/mol. The molecule has 0 spiro atoms. The van der Waals surface area contributed by atoms with E-state index in [0.29, 0.717) is 0 Å². The van der Waals surface area contributed by atoms with E-state index < -0.39 is 30.3 Å². The van der Waals surface area contributed by atoms with Crippen molar-refractivity contribution in [1.29, 1.82) is 0 Å². The van der Waals surface area contributed by atoms with Gasteiger partial charge in [0, 0.05) is 18.1 Å². The Bertz CT molecular complexity index is 328. The Morgan fingerprint density at radius 3 is 2.50 bits per heavy atom. The fourth-order valence-electron chi connectivity index (χ4n) is 1.06. The first-order valence-electron chi connectivity index (χ1n) is 3.91. The van der Waals surface area contributed by atoms with Crippen molar-refractivity contribution in [2.75, 3.05) is 6.61 Å². The van der Waals surface area contributed by atoms with Crippen molar-refractivity contribution in [2.24, 2.45) is 0 Å². The molecule has 0 aromatic heterocycles. The highest BCUT2D eigenvalue weighted by Crippen LogP contribution is 2.33.